The van der Waals surface area contributed by atoms with Crippen LogP contribution < -0.4 is 0 Å². The van der Waals surface area contributed by atoms with Crippen LogP contribution in [0.3, 0.4) is 0 Å². The lowest BCUT2D eigenvalue weighted by Crippen LogP contribution is -2.15. The Labute approximate surface area is 60.7 Å². The first-order valence-electron chi connectivity index (χ1n) is 3.20. The van der Waals surface area contributed by atoms with E-state index < -0.39 is 0 Å². The van der Waals surface area contributed by atoms with Crippen molar-refractivity contribution >= 4 is 17.6 Å². The zero-order valence-electron chi connectivity index (χ0n) is 5.96. The fraction of sp³-hybridized carbons (Fsp3) is 0.833. The minimum absolute atomic E-state index is 0.874. The van der Waals surface area contributed by atoms with Crippen LogP contribution in [0.15, 0.2) is 0 Å². The maximum absolute atomic E-state index is 9.97. The smallest absolute Gasteiger partial charge is 0.191 e. The van der Waals surface area contributed by atoms with E-state index in [1.807, 2.05) is 11.2 Å². The van der Waals surface area contributed by atoms with Gasteiger partial charge in [-0.15, -0.1) is 0 Å². The Morgan fingerprint density at radius 2 is 2.22 bits per heavy atom. The van der Waals surface area contributed by atoms with Crippen LogP contribution in [0.5, 0.6) is 0 Å². The highest BCUT2D eigenvalue weighted by Gasteiger charge is 1.97. The molecule has 0 atom stereocenters. The van der Waals surface area contributed by atoms with Gasteiger partial charge >= 0.3 is 0 Å². The highest BCUT2D eigenvalue weighted by molar-refractivity contribution is 8.09. The van der Waals surface area contributed by atoms with Gasteiger partial charge in [-0.3, -0.25) is 4.79 Å². The van der Waals surface area contributed by atoms with E-state index in [-0.39, 0.29) is 0 Å². The number of rotatable bonds is 5. The van der Waals surface area contributed by atoms with E-state index in [2.05, 4.69) is 6.92 Å². The summed E-state index contributed by atoms with van der Waals surface area (Å²) in [5.74, 6) is 0. The lowest BCUT2D eigenvalue weighted by atomic mass is 10.5. The van der Waals surface area contributed by atoms with Gasteiger partial charge < -0.3 is 0 Å². The molecule has 0 rings (SSSR count). The second kappa shape index (κ2) is 6.11. The summed E-state index contributed by atoms with van der Waals surface area (Å²) in [6.07, 6.45) is 1.11. The molecule has 0 aromatic heterocycles. The van der Waals surface area contributed by atoms with Gasteiger partial charge in [0.05, 0.1) is 0 Å². The molecule has 0 heterocycles. The maximum Gasteiger partial charge on any atom is 0.191 e. The Morgan fingerprint density at radius 3 is 2.56 bits per heavy atom. The van der Waals surface area contributed by atoms with Crippen molar-refractivity contribution in [2.75, 3.05) is 13.1 Å². The third-order valence-corrected chi connectivity index (χ3v) is 1.84. The summed E-state index contributed by atoms with van der Waals surface area (Å²) in [5, 5.41) is 0. The van der Waals surface area contributed by atoms with Crippen LogP contribution in [-0.4, -0.2) is 23.0 Å². The molecule has 0 aliphatic rings. The van der Waals surface area contributed by atoms with Crippen molar-refractivity contribution in [3.05, 3.63) is 0 Å². The van der Waals surface area contributed by atoms with E-state index in [1.54, 1.807) is 0 Å². The molecule has 0 saturated heterocycles. The normalized spacial score (nSPS) is 10.1. The minimum Gasteiger partial charge on any atom is -0.290 e. The number of hydrogen-bond donors (Lipinski definition) is 0. The molecule has 0 bridgehead atoms. The van der Waals surface area contributed by atoms with Crippen molar-refractivity contribution in [3.63, 3.8) is 0 Å². The van der Waals surface area contributed by atoms with Crippen LogP contribution in [0.2, 0.25) is 0 Å². The Balaban J connectivity index is 3.28. The van der Waals surface area contributed by atoms with Crippen LogP contribution >= 0.6 is 11.9 Å². The summed E-state index contributed by atoms with van der Waals surface area (Å²) in [4.78, 5) is 9.97. The highest BCUT2D eigenvalue weighted by Crippen LogP contribution is 2.04. The molecule has 0 N–H and O–H groups in total. The Morgan fingerprint density at radius 1 is 1.56 bits per heavy atom. The summed E-state index contributed by atoms with van der Waals surface area (Å²) in [6.45, 7) is 6.09. The summed E-state index contributed by atoms with van der Waals surface area (Å²) in [5.41, 5.74) is 0.874. The van der Waals surface area contributed by atoms with E-state index in [0.717, 1.165) is 25.1 Å². The Hall–Kier alpha value is -0.0200. The quantitative estimate of drug-likeness (QED) is 0.435. The first-order chi connectivity index (χ1) is 4.35. The highest BCUT2D eigenvalue weighted by atomic mass is 32.2. The Bertz CT molecular complexity index is 77.5. The van der Waals surface area contributed by atoms with Gasteiger partial charge in [-0.2, -0.15) is 0 Å². The van der Waals surface area contributed by atoms with Gasteiger partial charge in [-0.25, -0.2) is 4.31 Å². The maximum atomic E-state index is 9.97. The van der Waals surface area contributed by atoms with Gasteiger partial charge in [0.2, 0.25) is 0 Å². The summed E-state index contributed by atoms with van der Waals surface area (Å²) >= 11 is 1.25. The molecule has 3 heteroatoms. The first kappa shape index (κ1) is 8.98. The zero-order valence-corrected chi connectivity index (χ0v) is 6.78. The third-order valence-electron chi connectivity index (χ3n) is 1.02. The average Bonchev–Trinajstić information content (AvgIpc) is 1.88. The SMILES string of the molecule is CCCN(CC)SC=O. The number of carbonyl (C=O) groups is 1. The number of hydrogen-bond acceptors (Lipinski definition) is 3. The molecular weight excluding hydrogens is 134 g/mol. The lowest BCUT2D eigenvalue weighted by molar-refractivity contribution is 0.494. The van der Waals surface area contributed by atoms with Crippen molar-refractivity contribution in [1.29, 1.82) is 0 Å². The molecule has 0 saturated carbocycles. The van der Waals surface area contributed by atoms with Crippen LogP contribution in [0, 0.1) is 0 Å². The molecule has 0 fully saturated rings. The fourth-order valence-corrected chi connectivity index (χ4v) is 1.15. The van der Waals surface area contributed by atoms with Crippen molar-refractivity contribution < 1.29 is 4.79 Å². The lowest BCUT2D eigenvalue weighted by Gasteiger charge is -2.13. The molecule has 0 aliphatic carbocycles. The second-order valence-electron chi connectivity index (χ2n) is 1.72. The van der Waals surface area contributed by atoms with Crippen molar-refractivity contribution in [3.8, 4) is 0 Å². The summed E-state index contributed by atoms with van der Waals surface area (Å²) in [6, 6.07) is 0. The predicted molar refractivity (Wildman–Crippen MR) is 41.9 cm³/mol. The van der Waals surface area contributed by atoms with Crippen LogP contribution in [0.1, 0.15) is 20.3 Å². The van der Waals surface area contributed by atoms with Gasteiger partial charge in [0.1, 0.15) is 0 Å². The van der Waals surface area contributed by atoms with Gasteiger partial charge in [-0.05, 0) is 18.4 Å². The molecule has 2 nitrogen and oxygen atoms in total. The van der Waals surface area contributed by atoms with E-state index >= 15 is 0 Å². The van der Waals surface area contributed by atoms with Crippen LogP contribution in [0.4, 0.5) is 0 Å². The molecule has 0 aromatic carbocycles. The number of carbonyl (C=O) groups excluding carboxylic acids is 1. The summed E-state index contributed by atoms with van der Waals surface area (Å²) < 4.78 is 2.03. The van der Waals surface area contributed by atoms with Crippen molar-refractivity contribution in [2.45, 2.75) is 20.3 Å². The summed E-state index contributed by atoms with van der Waals surface area (Å²) in [7, 11) is 0. The van der Waals surface area contributed by atoms with Gasteiger partial charge in [-0.1, -0.05) is 13.8 Å². The molecule has 54 valence electrons. The van der Waals surface area contributed by atoms with E-state index in [4.69, 9.17) is 0 Å². The van der Waals surface area contributed by atoms with Gasteiger partial charge in [0, 0.05) is 13.1 Å². The van der Waals surface area contributed by atoms with Gasteiger partial charge in [0.25, 0.3) is 0 Å². The molecular formula is C6H13NOS. The predicted octanol–water partition coefficient (Wildman–Crippen LogP) is 1.56. The second-order valence-corrected chi connectivity index (χ2v) is 2.64. The Kier molecular flexibility index (Phi) is 6.09. The molecule has 9 heavy (non-hydrogen) atoms. The van der Waals surface area contributed by atoms with E-state index in [0.29, 0.717) is 0 Å². The van der Waals surface area contributed by atoms with Crippen molar-refractivity contribution in [2.24, 2.45) is 0 Å². The standard InChI is InChI=1S/C6H13NOS/c1-3-5-7(4-2)9-6-8/h6H,3-5H2,1-2H3. The molecule has 0 spiro atoms. The van der Waals surface area contributed by atoms with E-state index in [9.17, 15) is 4.79 Å². The molecule has 0 radical (unpaired) electrons. The number of nitrogens with zero attached hydrogens (tertiary/aromatic N) is 1. The van der Waals surface area contributed by atoms with Crippen LogP contribution in [-0.2, 0) is 4.79 Å². The fourth-order valence-electron chi connectivity index (χ4n) is 0.596. The zero-order chi connectivity index (χ0) is 7.11. The largest absolute Gasteiger partial charge is 0.290 e. The average molecular weight is 147 g/mol. The topological polar surface area (TPSA) is 20.3 Å². The van der Waals surface area contributed by atoms with Crippen molar-refractivity contribution in [1.82, 2.24) is 4.31 Å². The van der Waals surface area contributed by atoms with Crippen LogP contribution in [0.25, 0.3) is 0 Å². The van der Waals surface area contributed by atoms with Gasteiger partial charge in [0.15, 0.2) is 5.62 Å². The third kappa shape index (κ3) is 4.48. The monoisotopic (exact) mass is 147 g/mol. The molecule has 0 aromatic rings. The molecule has 0 unspecified atom stereocenters. The molecule has 0 amide bonds. The van der Waals surface area contributed by atoms with E-state index in [1.165, 1.54) is 11.9 Å². The minimum atomic E-state index is 0.874. The molecule has 0 aliphatic heterocycles. The first-order valence-corrected chi connectivity index (χ1v) is 4.04.